The summed E-state index contributed by atoms with van der Waals surface area (Å²) in [5.41, 5.74) is -1.14. The van der Waals surface area contributed by atoms with Crippen LogP contribution in [0.2, 0.25) is 0 Å². The number of hydrogen-bond donors (Lipinski definition) is 7. The van der Waals surface area contributed by atoms with Crippen LogP contribution in [0.4, 0.5) is 0 Å². The molecule has 2 saturated heterocycles. The maximum Gasteiger partial charge on any atom is 0.197 e. The molecule has 0 bridgehead atoms. The number of rotatable bonds is 5. The fourth-order valence-corrected chi connectivity index (χ4v) is 5.12. The zero-order chi connectivity index (χ0) is 30.6. The van der Waals surface area contributed by atoms with Crippen LogP contribution in [0.1, 0.15) is 25.5 Å². The van der Waals surface area contributed by atoms with E-state index < -0.39 is 83.4 Å². The fourth-order valence-electron chi connectivity index (χ4n) is 5.12. The van der Waals surface area contributed by atoms with E-state index in [1.165, 1.54) is 39.2 Å². The standard InChI is InChI=1S/C28H30O14/c1-9-21(33)24(36)27(42-28-25(37)23(35)20(32)10(2)40-28)26(39-9)19-14(31)8-17-18(22(19)34)13(30)7-16(41-17)11-4-5-15(38-3)12(29)6-11/h4-10,20-21,23,25-29,31-35,37H,1-3H3/t9?,10?,20-,21+,23?,25-,26-,27?,28-/m0/s1. The smallest absolute Gasteiger partial charge is 0.197 e. The summed E-state index contributed by atoms with van der Waals surface area (Å²) in [6.45, 7) is 2.76. The van der Waals surface area contributed by atoms with Crippen LogP contribution >= 0.6 is 0 Å². The second-order valence-electron chi connectivity index (χ2n) is 10.2. The maximum atomic E-state index is 13.2. The molecule has 2 aromatic carbocycles. The summed E-state index contributed by atoms with van der Waals surface area (Å²) in [7, 11) is 1.37. The summed E-state index contributed by atoms with van der Waals surface area (Å²) in [4.78, 5) is 26.4. The van der Waals surface area contributed by atoms with Crippen molar-refractivity contribution in [2.24, 2.45) is 0 Å². The molecule has 2 aliphatic heterocycles. The number of aliphatic hydroxyl groups excluding tert-OH is 4. The molecular weight excluding hydrogens is 560 g/mol. The van der Waals surface area contributed by atoms with Gasteiger partial charge in [0, 0.05) is 17.7 Å². The van der Waals surface area contributed by atoms with Gasteiger partial charge < -0.3 is 59.1 Å². The van der Waals surface area contributed by atoms with Gasteiger partial charge in [-0.2, -0.15) is 0 Å². The number of aliphatic hydroxyl groups is 4. The van der Waals surface area contributed by atoms with Crippen molar-refractivity contribution in [2.75, 3.05) is 7.11 Å². The molecule has 7 N–H and O–H groups in total. The summed E-state index contributed by atoms with van der Waals surface area (Å²) >= 11 is 0. The Morgan fingerprint density at radius 2 is 1.55 bits per heavy atom. The van der Waals surface area contributed by atoms with Gasteiger partial charge in [0.1, 0.15) is 58.7 Å². The monoisotopic (exact) mass is 590 g/mol. The zero-order valence-electron chi connectivity index (χ0n) is 22.6. The third-order valence-corrected chi connectivity index (χ3v) is 7.50. The quantitative estimate of drug-likeness (QED) is 0.211. The lowest BCUT2D eigenvalue weighted by atomic mass is 9.90. The Labute approximate surface area is 237 Å². The molecule has 4 unspecified atom stereocenters. The number of fused-ring (bicyclic) bond motifs is 1. The number of phenolic OH excluding ortho intramolecular Hbond substituents is 3. The molecule has 0 amide bonds. The van der Waals surface area contributed by atoms with Crippen LogP contribution < -0.4 is 10.2 Å². The lowest BCUT2D eigenvalue weighted by Gasteiger charge is -2.43. The molecule has 0 spiro atoms. The molecule has 0 aliphatic carbocycles. The molecule has 1 aromatic heterocycles. The number of hydrogen-bond acceptors (Lipinski definition) is 14. The number of benzene rings is 2. The van der Waals surface area contributed by atoms with Gasteiger partial charge in [-0.05, 0) is 32.0 Å². The molecule has 0 radical (unpaired) electrons. The summed E-state index contributed by atoms with van der Waals surface area (Å²) in [6.07, 6.45) is -14.0. The number of ketones is 1. The average Bonchev–Trinajstić information content (AvgIpc) is 2.94. The Hall–Kier alpha value is -3.76. The lowest BCUT2D eigenvalue weighted by Crippen LogP contribution is -2.60. The van der Waals surface area contributed by atoms with E-state index in [1.807, 2.05) is 0 Å². The predicted molar refractivity (Wildman–Crippen MR) is 141 cm³/mol. The molecule has 2 fully saturated rings. The molecule has 14 nitrogen and oxygen atoms in total. The van der Waals surface area contributed by atoms with E-state index in [1.54, 1.807) is 0 Å². The third-order valence-electron chi connectivity index (χ3n) is 7.50. The first kappa shape index (κ1) is 29.7. The van der Waals surface area contributed by atoms with E-state index in [4.69, 9.17) is 23.4 Å². The van der Waals surface area contributed by atoms with Gasteiger partial charge in [0.15, 0.2) is 35.1 Å². The van der Waals surface area contributed by atoms with Crippen LogP contribution in [-0.4, -0.2) is 97.7 Å². The minimum Gasteiger partial charge on any atom is -0.507 e. The van der Waals surface area contributed by atoms with Crippen LogP contribution in [0.15, 0.2) is 39.5 Å². The van der Waals surface area contributed by atoms with Crippen molar-refractivity contribution in [3.63, 3.8) is 0 Å². The Morgan fingerprint density at radius 3 is 2.21 bits per heavy atom. The molecule has 14 heteroatoms. The number of Topliss-reactive ketones (excluding diaryl/α,β-unsaturated/α-hetero) is 1. The van der Waals surface area contributed by atoms with Crippen LogP contribution in [0.25, 0.3) is 22.3 Å². The number of methoxy groups -OCH3 is 1. The number of ether oxygens (including phenoxy) is 4. The number of carbonyl (C=O) groups excluding carboxylic acids is 1. The van der Waals surface area contributed by atoms with E-state index in [9.17, 15) is 45.3 Å². The first-order valence-corrected chi connectivity index (χ1v) is 13.0. The van der Waals surface area contributed by atoms with Crippen molar-refractivity contribution >= 4 is 16.8 Å². The highest BCUT2D eigenvalue weighted by atomic mass is 16.7. The van der Waals surface area contributed by atoms with Gasteiger partial charge in [-0.1, -0.05) is 0 Å². The third kappa shape index (κ3) is 4.96. The Kier molecular flexibility index (Phi) is 7.89. The highest BCUT2D eigenvalue weighted by Crippen LogP contribution is 2.45. The van der Waals surface area contributed by atoms with Crippen LogP contribution in [0.5, 0.6) is 23.0 Å². The van der Waals surface area contributed by atoms with Gasteiger partial charge in [0.25, 0.3) is 0 Å². The van der Waals surface area contributed by atoms with Crippen LogP contribution in [0, 0.1) is 0 Å². The maximum absolute atomic E-state index is 13.2. The molecule has 42 heavy (non-hydrogen) atoms. The topological polar surface area (TPSA) is 226 Å². The van der Waals surface area contributed by atoms with Gasteiger partial charge in [-0.15, -0.1) is 0 Å². The fraction of sp³-hybridized carbons (Fsp3) is 0.429. The highest BCUT2D eigenvalue weighted by molar-refractivity contribution is 5.92. The largest absolute Gasteiger partial charge is 0.507 e. The van der Waals surface area contributed by atoms with Crippen molar-refractivity contribution in [3.05, 3.63) is 46.1 Å². The van der Waals surface area contributed by atoms with Crippen molar-refractivity contribution in [1.82, 2.24) is 0 Å². The average molecular weight is 591 g/mol. The second-order valence-corrected chi connectivity index (χ2v) is 10.2. The minimum absolute atomic E-state index is 0.00245. The van der Waals surface area contributed by atoms with Gasteiger partial charge >= 0.3 is 0 Å². The molecule has 3 aromatic rings. The molecule has 5 rings (SSSR count). The highest BCUT2D eigenvalue weighted by Gasteiger charge is 2.50. The first-order chi connectivity index (χ1) is 19.8. The summed E-state index contributed by atoms with van der Waals surface area (Å²) in [5, 5.41) is 73.0. The number of carbonyl (C=O) groups is 1. The molecule has 9 atom stereocenters. The molecule has 0 saturated carbocycles. The number of phenols is 3. The van der Waals surface area contributed by atoms with E-state index >= 15 is 0 Å². The van der Waals surface area contributed by atoms with E-state index in [0.717, 1.165) is 12.1 Å². The van der Waals surface area contributed by atoms with Crippen molar-refractivity contribution in [1.29, 1.82) is 0 Å². The van der Waals surface area contributed by atoms with Crippen molar-refractivity contribution in [2.45, 2.75) is 69.0 Å². The Morgan fingerprint density at radius 1 is 0.833 bits per heavy atom. The zero-order valence-corrected chi connectivity index (χ0v) is 22.6. The summed E-state index contributed by atoms with van der Waals surface area (Å²) in [5.74, 6) is -2.45. The van der Waals surface area contributed by atoms with E-state index in [-0.39, 0.29) is 28.2 Å². The molecule has 226 valence electrons. The first-order valence-electron chi connectivity index (χ1n) is 13.0. The molecular formula is C28H30O14. The Balaban J connectivity index is 1.58. The van der Waals surface area contributed by atoms with Gasteiger partial charge in [0.05, 0.1) is 24.9 Å². The SMILES string of the molecule is COc1ccc(-c2cc(=O)c3c(O)c([C@@H]4OC(C)[C@@H](O)C(=O)C4O[C@@H]4OC(C)[C@H](O)C(O)[C@@H]4O)c(O)cc3o2)cc1O. The van der Waals surface area contributed by atoms with Gasteiger partial charge in [-0.25, -0.2) is 0 Å². The normalized spacial score (nSPS) is 31.8. The number of aromatic hydroxyl groups is 3. The van der Waals surface area contributed by atoms with Gasteiger partial charge in [0.2, 0.25) is 0 Å². The summed E-state index contributed by atoms with van der Waals surface area (Å²) < 4.78 is 27.6. The summed E-state index contributed by atoms with van der Waals surface area (Å²) in [6, 6.07) is 6.34. The second kappa shape index (κ2) is 11.1. The van der Waals surface area contributed by atoms with Crippen molar-refractivity contribution in [3.8, 4) is 34.3 Å². The predicted octanol–water partition coefficient (Wildman–Crippen LogP) is 0.188. The van der Waals surface area contributed by atoms with E-state index in [2.05, 4.69) is 0 Å². The van der Waals surface area contributed by atoms with E-state index in [0.29, 0.717) is 5.56 Å². The van der Waals surface area contributed by atoms with Crippen molar-refractivity contribution < 1.29 is 63.9 Å². The lowest BCUT2D eigenvalue weighted by molar-refractivity contribution is -0.314. The molecule has 3 heterocycles. The van der Waals surface area contributed by atoms with Crippen LogP contribution in [-0.2, 0) is 19.0 Å². The van der Waals surface area contributed by atoms with Gasteiger partial charge in [-0.3, -0.25) is 9.59 Å². The minimum atomic E-state index is -1.82. The van der Waals surface area contributed by atoms with Crippen LogP contribution in [0.3, 0.4) is 0 Å². The Bertz CT molecular complexity index is 1570. The molecule has 2 aliphatic rings.